The van der Waals surface area contributed by atoms with Gasteiger partial charge in [0.05, 0.1) is 11.2 Å². The Morgan fingerprint density at radius 1 is 0.698 bits per heavy atom. The van der Waals surface area contributed by atoms with Crippen LogP contribution in [0.25, 0.3) is 21.9 Å². The van der Waals surface area contributed by atoms with Crippen LogP contribution in [0.3, 0.4) is 0 Å². The molecule has 0 spiro atoms. The van der Waals surface area contributed by atoms with Crippen LogP contribution < -0.4 is 0 Å². The Morgan fingerprint density at radius 2 is 1.21 bits per heavy atom. The van der Waals surface area contributed by atoms with E-state index in [4.69, 9.17) is 10.4 Å². The van der Waals surface area contributed by atoms with E-state index >= 15 is 0 Å². The Labute approximate surface area is 277 Å². The molecular weight excluding hydrogens is 602 g/mol. The minimum atomic E-state index is -0.468. The SMILES string of the molecule is Cc1cc(C)c([N-]C(C)(C)c2nn(-c3[c-]cccc3)c3ccccc23)c(C)c1.[CH2-]c1ccccc1.[CH2-]c1ccccc1.[Zr+3]. The first-order chi connectivity index (χ1) is 20.2. The predicted molar refractivity (Wildman–Crippen MR) is 178 cm³/mol. The number of hydrogen-bond acceptors (Lipinski definition) is 1. The van der Waals surface area contributed by atoms with Crippen molar-refractivity contribution in [1.82, 2.24) is 9.78 Å². The number of benzene rings is 5. The monoisotopic (exact) mass is 639 g/mol. The molecule has 0 amide bonds. The first kappa shape index (κ1) is 33.5. The van der Waals surface area contributed by atoms with Crippen molar-refractivity contribution in [2.45, 2.75) is 40.2 Å². The van der Waals surface area contributed by atoms with E-state index in [9.17, 15) is 0 Å². The summed E-state index contributed by atoms with van der Waals surface area (Å²) in [6.07, 6.45) is 0. The van der Waals surface area contributed by atoms with Crippen molar-refractivity contribution in [1.29, 1.82) is 0 Å². The molecule has 0 unspecified atom stereocenters. The van der Waals surface area contributed by atoms with Crippen LogP contribution in [0.5, 0.6) is 0 Å². The van der Waals surface area contributed by atoms with E-state index in [0.29, 0.717) is 0 Å². The van der Waals surface area contributed by atoms with Gasteiger partial charge in [-0.25, -0.2) is 0 Å². The van der Waals surface area contributed by atoms with E-state index < -0.39 is 5.54 Å². The van der Waals surface area contributed by atoms with Crippen molar-refractivity contribution in [2.24, 2.45) is 0 Å². The van der Waals surface area contributed by atoms with Crippen LogP contribution in [-0.4, -0.2) is 9.78 Å². The molecule has 0 aliphatic carbocycles. The van der Waals surface area contributed by atoms with E-state index in [1.165, 1.54) is 16.7 Å². The molecule has 0 bridgehead atoms. The minimum absolute atomic E-state index is 0. The van der Waals surface area contributed by atoms with Gasteiger partial charge in [0.2, 0.25) is 0 Å². The third-order valence-electron chi connectivity index (χ3n) is 6.80. The van der Waals surface area contributed by atoms with Gasteiger partial charge in [0.15, 0.2) is 0 Å². The second kappa shape index (κ2) is 15.5. The maximum atomic E-state index is 5.17. The third kappa shape index (κ3) is 8.99. The fraction of sp³-hybridized carbons (Fsp3) is 0.154. The second-order valence-electron chi connectivity index (χ2n) is 10.9. The van der Waals surface area contributed by atoms with Gasteiger partial charge in [0.25, 0.3) is 0 Å². The number of nitrogens with zero attached hydrogens (tertiary/aromatic N) is 3. The molecule has 1 heterocycles. The molecule has 1 aromatic heterocycles. The summed E-state index contributed by atoms with van der Waals surface area (Å²) in [6.45, 7) is 18.1. The van der Waals surface area contributed by atoms with Crippen molar-refractivity contribution >= 4 is 16.6 Å². The van der Waals surface area contributed by atoms with Gasteiger partial charge in [0.1, 0.15) is 0 Å². The number of rotatable bonds is 4. The number of fused-ring (bicyclic) bond motifs is 1. The summed E-state index contributed by atoms with van der Waals surface area (Å²) in [5.41, 5.74) is 9.37. The molecule has 6 aromatic rings. The van der Waals surface area contributed by atoms with Gasteiger partial charge in [-0.2, -0.15) is 78.6 Å². The normalized spacial score (nSPS) is 10.4. The largest absolute Gasteiger partial charge is 3.00 e. The predicted octanol–water partition coefficient (Wildman–Crippen LogP) is 10.4. The van der Waals surface area contributed by atoms with Crippen LogP contribution in [0.4, 0.5) is 5.69 Å². The van der Waals surface area contributed by atoms with Gasteiger partial charge in [-0.3, -0.25) is 4.68 Å². The minimum Gasteiger partial charge on any atom is -0.674 e. The van der Waals surface area contributed by atoms with Crippen molar-refractivity contribution < 1.29 is 26.2 Å². The third-order valence-corrected chi connectivity index (χ3v) is 6.80. The van der Waals surface area contributed by atoms with Gasteiger partial charge in [-0.15, -0.1) is 36.0 Å². The Hall–Kier alpha value is -4.01. The van der Waals surface area contributed by atoms with Gasteiger partial charge in [-0.1, -0.05) is 78.5 Å². The molecular formula is C39H39N3Zr-. The molecule has 0 N–H and O–H groups in total. The van der Waals surface area contributed by atoms with E-state index in [-0.39, 0.29) is 26.2 Å². The smallest absolute Gasteiger partial charge is 0.674 e. The van der Waals surface area contributed by atoms with Crippen LogP contribution in [-0.2, 0) is 31.7 Å². The molecule has 215 valence electrons. The summed E-state index contributed by atoms with van der Waals surface area (Å²) < 4.78 is 1.97. The van der Waals surface area contributed by atoms with Crippen LogP contribution in [0, 0.1) is 40.7 Å². The Kier molecular flexibility index (Phi) is 12.0. The summed E-state index contributed by atoms with van der Waals surface area (Å²) in [6, 6.07) is 43.7. The van der Waals surface area contributed by atoms with E-state index in [1.807, 2.05) is 95.7 Å². The van der Waals surface area contributed by atoms with Crippen LogP contribution in [0.2, 0.25) is 0 Å². The Bertz CT molecular complexity index is 1650. The molecule has 4 heteroatoms. The summed E-state index contributed by atoms with van der Waals surface area (Å²) in [7, 11) is 0. The van der Waals surface area contributed by atoms with Gasteiger partial charge >= 0.3 is 26.2 Å². The van der Waals surface area contributed by atoms with Crippen LogP contribution in [0.1, 0.15) is 47.4 Å². The van der Waals surface area contributed by atoms with E-state index in [2.05, 4.69) is 84.9 Å². The molecule has 5 aromatic carbocycles. The molecule has 1 radical (unpaired) electrons. The molecule has 43 heavy (non-hydrogen) atoms. The summed E-state index contributed by atoms with van der Waals surface area (Å²) in [5.74, 6) is 0. The fourth-order valence-electron chi connectivity index (χ4n) is 4.85. The average molecular weight is 641 g/mol. The van der Waals surface area contributed by atoms with Crippen molar-refractivity contribution in [3.63, 3.8) is 0 Å². The van der Waals surface area contributed by atoms with Gasteiger partial charge in [0, 0.05) is 5.39 Å². The maximum absolute atomic E-state index is 5.17. The summed E-state index contributed by atoms with van der Waals surface area (Å²) in [5, 5.41) is 11.3. The molecule has 0 aliphatic rings. The van der Waals surface area contributed by atoms with E-state index in [0.717, 1.165) is 39.1 Å². The Morgan fingerprint density at radius 3 is 1.70 bits per heavy atom. The molecule has 6 rings (SSSR count). The molecule has 0 saturated heterocycles. The zero-order valence-electron chi connectivity index (χ0n) is 25.8. The van der Waals surface area contributed by atoms with Crippen molar-refractivity contribution in [2.75, 3.05) is 0 Å². The second-order valence-corrected chi connectivity index (χ2v) is 10.9. The number of aryl methyl sites for hydroxylation is 3. The molecule has 0 saturated carbocycles. The van der Waals surface area contributed by atoms with Gasteiger partial charge < -0.3 is 5.32 Å². The summed E-state index contributed by atoms with van der Waals surface area (Å²) in [4.78, 5) is 0. The first-order valence-electron chi connectivity index (χ1n) is 14.2. The van der Waals surface area contributed by atoms with Crippen LogP contribution in [0.15, 0.2) is 121 Å². The maximum Gasteiger partial charge on any atom is 3.00 e. The molecule has 0 atom stereocenters. The molecule has 0 fully saturated rings. The molecule has 3 nitrogen and oxygen atoms in total. The number of aromatic nitrogens is 2. The van der Waals surface area contributed by atoms with E-state index in [1.54, 1.807) is 0 Å². The van der Waals surface area contributed by atoms with Crippen LogP contribution >= 0.6 is 0 Å². The standard InChI is InChI=1S/C25H25N3.2C7H7.Zr/c1-17-15-18(2)23(19(3)16-17)26-25(4,5)24-21-13-9-10-14-22(21)28(27-24)20-11-7-6-8-12-20;2*1-7-5-3-2-4-6-7;/h6-11,13-16H,1-5H3;2*2-6H,1H2;/q-2;2*-1;+3. The quantitative estimate of drug-likeness (QED) is 0.176. The number of hydrogen-bond donors (Lipinski definition) is 0. The topological polar surface area (TPSA) is 31.9 Å². The number of para-hydroxylation sites is 2. The fourth-order valence-corrected chi connectivity index (χ4v) is 4.85. The van der Waals surface area contributed by atoms with Gasteiger partial charge in [-0.05, 0) is 32.5 Å². The zero-order chi connectivity index (χ0) is 30.1. The Balaban J connectivity index is 0.000000276. The summed E-state index contributed by atoms with van der Waals surface area (Å²) >= 11 is 0. The molecule has 0 aliphatic heterocycles. The first-order valence-corrected chi connectivity index (χ1v) is 14.2. The van der Waals surface area contributed by atoms with Crippen molar-refractivity contribution in [3.05, 3.63) is 180 Å². The zero-order valence-corrected chi connectivity index (χ0v) is 28.3. The van der Waals surface area contributed by atoms with Crippen molar-refractivity contribution in [3.8, 4) is 5.69 Å². The average Bonchev–Trinajstić information content (AvgIpc) is 3.38.